The summed E-state index contributed by atoms with van der Waals surface area (Å²) in [5.41, 5.74) is 3.93. The summed E-state index contributed by atoms with van der Waals surface area (Å²) in [5, 5.41) is 6.95. The minimum Gasteiger partial charge on any atom is -0.356 e. The second-order valence-electron chi connectivity index (χ2n) is 8.29. The number of anilines is 1. The Labute approximate surface area is 184 Å². The van der Waals surface area contributed by atoms with Gasteiger partial charge in [0, 0.05) is 71.2 Å². The summed E-state index contributed by atoms with van der Waals surface area (Å²) in [6.45, 7) is 10.6. The summed E-state index contributed by atoms with van der Waals surface area (Å²) in [6, 6.07) is 8.84. The third kappa shape index (κ3) is 5.52. The van der Waals surface area contributed by atoms with Gasteiger partial charge in [0.1, 0.15) is 0 Å². The molecule has 2 saturated heterocycles. The van der Waals surface area contributed by atoms with Crippen LogP contribution in [0.15, 0.2) is 34.6 Å². The van der Waals surface area contributed by atoms with E-state index in [4.69, 9.17) is 4.98 Å². The first kappa shape index (κ1) is 21.1. The Morgan fingerprint density at radius 3 is 2.67 bits per heavy atom. The van der Waals surface area contributed by atoms with Gasteiger partial charge in [-0.2, -0.15) is 0 Å². The molecule has 0 aliphatic carbocycles. The molecule has 0 spiro atoms. The number of hydrogen-bond acceptors (Lipinski definition) is 5. The molecule has 4 rings (SSSR count). The number of aliphatic imine (C=N–C) groups is 1. The number of rotatable bonds is 6. The Kier molecular flexibility index (Phi) is 7.23. The zero-order valence-corrected chi connectivity index (χ0v) is 19.1. The lowest BCUT2D eigenvalue weighted by Gasteiger charge is -2.36. The standard InChI is InChI=1S/C23H34N6S/c1-19-6-5-7-20(16-19)17-27-12-14-28(15-13-27)22(24-2)25-9-8-21-18-30-23(26-21)29-10-3-4-11-29/h5-7,16,18H,3-4,8-15,17H2,1-2H3,(H,24,25). The number of aromatic nitrogens is 1. The quantitative estimate of drug-likeness (QED) is 0.568. The van der Waals surface area contributed by atoms with Crippen LogP contribution in [-0.4, -0.2) is 73.6 Å². The number of nitrogens with zero attached hydrogens (tertiary/aromatic N) is 5. The fourth-order valence-electron chi connectivity index (χ4n) is 4.29. The Bertz CT molecular complexity index is 834. The molecule has 3 heterocycles. The van der Waals surface area contributed by atoms with Gasteiger partial charge < -0.3 is 15.1 Å². The van der Waals surface area contributed by atoms with Gasteiger partial charge in [0.25, 0.3) is 0 Å². The number of piperazine rings is 1. The SMILES string of the molecule is CN=C(NCCc1csc(N2CCCC2)n1)N1CCN(Cc2cccc(C)c2)CC1. The maximum Gasteiger partial charge on any atom is 0.193 e. The normalized spacial score (nSPS) is 18.3. The molecule has 0 unspecified atom stereocenters. The molecule has 1 aromatic carbocycles. The van der Waals surface area contributed by atoms with Crippen molar-refractivity contribution < 1.29 is 0 Å². The lowest BCUT2D eigenvalue weighted by Crippen LogP contribution is -2.52. The maximum absolute atomic E-state index is 4.83. The van der Waals surface area contributed by atoms with Crippen molar-refractivity contribution >= 4 is 22.4 Å². The lowest BCUT2D eigenvalue weighted by molar-refractivity contribution is 0.172. The van der Waals surface area contributed by atoms with Crippen molar-refractivity contribution in [3.8, 4) is 0 Å². The number of guanidine groups is 1. The molecule has 2 aromatic rings. The zero-order chi connectivity index (χ0) is 20.8. The fourth-order valence-corrected chi connectivity index (χ4v) is 5.20. The summed E-state index contributed by atoms with van der Waals surface area (Å²) in [4.78, 5) is 16.7. The first-order chi connectivity index (χ1) is 14.7. The summed E-state index contributed by atoms with van der Waals surface area (Å²) in [7, 11) is 1.88. The smallest absolute Gasteiger partial charge is 0.193 e. The summed E-state index contributed by atoms with van der Waals surface area (Å²) < 4.78 is 0. The molecule has 1 aromatic heterocycles. The van der Waals surface area contributed by atoms with E-state index in [1.165, 1.54) is 34.8 Å². The molecule has 0 saturated carbocycles. The van der Waals surface area contributed by atoms with E-state index < -0.39 is 0 Å². The Morgan fingerprint density at radius 1 is 1.13 bits per heavy atom. The van der Waals surface area contributed by atoms with E-state index in [9.17, 15) is 0 Å². The van der Waals surface area contributed by atoms with E-state index >= 15 is 0 Å². The second-order valence-corrected chi connectivity index (χ2v) is 9.13. The van der Waals surface area contributed by atoms with Crippen molar-refractivity contribution in [2.75, 3.05) is 57.8 Å². The Morgan fingerprint density at radius 2 is 1.93 bits per heavy atom. The molecular weight excluding hydrogens is 392 g/mol. The van der Waals surface area contributed by atoms with Crippen molar-refractivity contribution in [3.63, 3.8) is 0 Å². The summed E-state index contributed by atoms with van der Waals surface area (Å²) in [5.74, 6) is 1.01. The van der Waals surface area contributed by atoms with E-state index in [0.29, 0.717) is 0 Å². The maximum atomic E-state index is 4.83. The van der Waals surface area contributed by atoms with Gasteiger partial charge in [-0.05, 0) is 25.3 Å². The van der Waals surface area contributed by atoms with Crippen molar-refractivity contribution in [3.05, 3.63) is 46.5 Å². The molecule has 30 heavy (non-hydrogen) atoms. The van der Waals surface area contributed by atoms with Crippen LogP contribution in [0.5, 0.6) is 0 Å². The number of benzene rings is 1. The molecule has 0 radical (unpaired) electrons. The van der Waals surface area contributed by atoms with Crippen molar-refractivity contribution in [1.82, 2.24) is 20.1 Å². The van der Waals surface area contributed by atoms with E-state index in [1.54, 1.807) is 11.3 Å². The van der Waals surface area contributed by atoms with Crippen LogP contribution in [-0.2, 0) is 13.0 Å². The van der Waals surface area contributed by atoms with Crippen LogP contribution in [0, 0.1) is 6.92 Å². The highest BCUT2D eigenvalue weighted by Crippen LogP contribution is 2.24. The van der Waals surface area contributed by atoms with Crippen molar-refractivity contribution in [1.29, 1.82) is 0 Å². The van der Waals surface area contributed by atoms with Crippen LogP contribution in [0.25, 0.3) is 0 Å². The number of hydrogen-bond donors (Lipinski definition) is 1. The first-order valence-electron chi connectivity index (χ1n) is 11.1. The minimum atomic E-state index is 0.874. The summed E-state index contributed by atoms with van der Waals surface area (Å²) >= 11 is 1.78. The highest BCUT2D eigenvalue weighted by molar-refractivity contribution is 7.13. The van der Waals surface area contributed by atoms with Crippen LogP contribution in [0.1, 0.15) is 29.7 Å². The Balaban J connectivity index is 1.20. The molecule has 6 nitrogen and oxygen atoms in total. The molecule has 0 atom stereocenters. The van der Waals surface area contributed by atoms with Crippen LogP contribution in [0.3, 0.4) is 0 Å². The Hall–Kier alpha value is -2.12. The second kappa shape index (κ2) is 10.3. The molecule has 2 aliphatic heterocycles. The van der Waals surface area contributed by atoms with Gasteiger partial charge >= 0.3 is 0 Å². The predicted octanol–water partition coefficient (Wildman–Crippen LogP) is 2.99. The fraction of sp³-hybridized carbons (Fsp3) is 0.565. The topological polar surface area (TPSA) is 47.0 Å². The van der Waals surface area contributed by atoms with E-state index in [-0.39, 0.29) is 0 Å². The van der Waals surface area contributed by atoms with Gasteiger partial charge in [0.15, 0.2) is 11.1 Å². The average molecular weight is 427 g/mol. The molecule has 2 fully saturated rings. The average Bonchev–Trinajstić information content (AvgIpc) is 3.44. The van der Waals surface area contributed by atoms with Gasteiger partial charge in [0.2, 0.25) is 0 Å². The third-order valence-corrected chi connectivity index (χ3v) is 6.90. The molecule has 7 heteroatoms. The van der Waals surface area contributed by atoms with Crippen LogP contribution in [0.2, 0.25) is 0 Å². The molecule has 162 valence electrons. The van der Waals surface area contributed by atoms with Gasteiger partial charge in [-0.25, -0.2) is 4.98 Å². The predicted molar refractivity (Wildman–Crippen MR) is 127 cm³/mol. The van der Waals surface area contributed by atoms with Gasteiger partial charge in [-0.3, -0.25) is 9.89 Å². The van der Waals surface area contributed by atoms with Crippen LogP contribution >= 0.6 is 11.3 Å². The molecular formula is C23H34N6S. The lowest BCUT2D eigenvalue weighted by atomic mass is 10.1. The molecule has 0 amide bonds. The minimum absolute atomic E-state index is 0.874. The number of aryl methyl sites for hydroxylation is 1. The van der Waals surface area contributed by atoms with Crippen molar-refractivity contribution in [2.45, 2.75) is 32.7 Å². The molecule has 2 aliphatic rings. The van der Waals surface area contributed by atoms with E-state index in [1.807, 2.05) is 7.05 Å². The van der Waals surface area contributed by atoms with Crippen LogP contribution in [0.4, 0.5) is 5.13 Å². The highest BCUT2D eigenvalue weighted by Gasteiger charge is 2.20. The highest BCUT2D eigenvalue weighted by atomic mass is 32.1. The zero-order valence-electron chi connectivity index (χ0n) is 18.3. The molecule has 1 N–H and O–H groups in total. The van der Waals surface area contributed by atoms with Crippen molar-refractivity contribution in [2.24, 2.45) is 4.99 Å². The van der Waals surface area contributed by atoms with E-state index in [0.717, 1.165) is 64.7 Å². The number of nitrogens with one attached hydrogen (secondary N) is 1. The van der Waals surface area contributed by atoms with Gasteiger partial charge in [0.05, 0.1) is 5.69 Å². The van der Waals surface area contributed by atoms with Gasteiger partial charge in [-0.15, -0.1) is 11.3 Å². The van der Waals surface area contributed by atoms with Gasteiger partial charge in [-0.1, -0.05) is 29.8 Å². The number of thiazole rings is 1. The third-order valence-electron chi connectivity index (χ3n) is 5.95. The first-order valence-corrected chi connectivity index (χ1v) is 12.0. The largest absolute Gasteiger partial charge is 0.356 e. The van der Waals surface area contributed by atoms with Crippen LogP contribution < -0.4 is 10.2 Å². The van der Waals surface area contributed by atoms with E-state index in [2.05, 4.69) is 61.6 Å². The summed E-state index contributed by atoms with van der Waals surface area (Å²) in [6.07, 6.45) is 3.53. The monoisotopic (exact) mass is 426 g/mol. The molecule has 0 bridgehead atoms.